The molecule has 5 heteroatoms. The van der Waals surface area contributed by atoms with Gasteiger partial charge in [0.1, 0.15) is 10.1 Å². The van der Waals surface area contributed by atoms with Crippen LogP contribution in [0, 0.1) is 11.8 Å². The van der Waals surface area contributed by atoms with Crippen molar-refractivity contribution in [3.8, 4) is 17.7 Å². The fourth-order valence-electron chi connectivity index (χ4n) is 1.15. The third kappa shape index (κ3) is 2.28. The summed E-state index contributed by atoms with van der Waals surface area (Å²) in [5, 5.41) is 0. The van der Waals surface area contributed by atoms with Crippen LogP contribution in [0.4, 0.5) is 0 Å². The summed E-state index contributed by atoms with van der Waals surface area (Å²) in [5.41, 5.74) is 1.46. The van der Waals surface area contributed by atoms with Gasteiger partial charge in [-0.1, -0.05) is 5.92 Å². The lowest BCUT2D eigenvalue weighted by molar-refractivity contribution is 0.355. The molecule has 2 heterocycles. The second-order valence-electron chi connectivity index (χ2n) is 2.89. The summed E-state index contributed by atoms with van der Waals surface area (Å²) in [6.07, 6.45) is 3.23. The van der Waals surface area contributed by atoms with Gasteiger partial charge in [0.2, 0.25) is 5.88 Å². The minimum Gasteiger partial charge on any atom is -0.463 e. The second kappa shape index (κ2) is 4.90. The van der Waals surface area contributed by atoms with Crippen molar-refractivity contribution in [1.29, 1.82) is 0 Å². The normalized spacial score (nSPS) is 9.62. The van der Waals surface area contributed by atoms with Crippen molar-refractivity contribution in [3.63, 3.8) is 0 Å². The largest absolute Gasteiger partial charge is 0.463 e. The van der Waals surface area contributed by atoms with Crippen LogP contribution in [0.1, 0.15) is 6.92 Å². The molecule has 0 saturated carbocycles. The Morgan fingerprint density at radius 1 is 1.44 bits per heavy atom. The lowest BCUT2D eigenvalue weighted by atomic mass is 10.4. The van der Waals surface area contributed by atoms with Crippen molar-refractivity contribution in [3.05, 3.63) is 23.1 Å². The summed E-state index contributed by atoms with van der Waals surface area (Å²) in [6.45, 7) is 2.08. The zero-order chi connectivity index (χ0) is 11.4. The van der Waals surface area contributed by atoms with Gasteiger partial charge in [-0.05, 0) is 28.9 Å². The Kier molecular flexibility index (Phi) is 3.32. The van der Waals surface area contributed by atoms with Crippen LogP contribution in [-0.2, 0) is 0 Å². The number of halogens is 1. The van der Waals surface area contributed by atoms with E-state index in [1.165, 1.54) is 0 Å². The Morgan fingerprint density at radius 2 is 2.31 bits per heavy atom. The predicted octanol–water partition coefficient (Wildman–Crippen LogP) is 2.19. The molecule has 0 radical (unpaired) electrons. The number of hydrogen-bond acceptors (Lipinski definition) is 4. The van der Waals surface area contributed by atoms with Gasteiger partial charge >= 0.3 is 0 Å². The molecule has 0 aliphatic heterocycles. The number of hydrogen-bond donors (Lipinski definition) is 0. The minimum absolute atomic E-state index is 0.322. The molecule has 0 aliphatic rings. The van der Waals surface area contributed by atoms with Crippen molar-refractivity contribution < 1.29 is 4.74 Å². The van der Waals surface area contributed by atoms with Gasteiger partial charge in [-0.2, -0.15) is 0 Å². The highest BCUT2D eigenvalue weighted by atomic mass is 79.9. The molecule has 4 nitrogen and oxygen atoms in total. The molecular weight excluding hydrogens is 270 g/mol. The van der Waals surface area contributed by atoms with Gasteiger partial charge < -0.3 is 4.74 Å². The van der Waals surface area contributed by atoms with Crippen molar-refractivity contribution in [2.45, 2.75) is 6.92 Å². The van der Waals surface area contributed by atoms with Gasteiger partial charge in [0.15, 0.2) is 6.61 Å². The highest BCUT2D eigenvalue weighted by Crippen LogP contribution is 2.19. The van der Waals surface area contributed by atoms with Gasteiger partial charge in [-0.3, -0.25) is 0 Å². The van der Waals surface area contributed by atoms with Crippen LogP contribution in [0.25, 0.3) is 11.0 Å². The molecule has 0 saturated heterocycles. The van der Waals surface area contributed by atoms with Crippen molar-refractivity contribution >= 4 is 27.0 Å². The van der Waals surface area contributed by atoms with Crippen LogP contribution < -0.4 is 4.74 Å². The van der Waals surface area contributed by atoms with Gasteiger partial charge in [-0.25, -0.2) is 15.0 Å². The fourth-order valence-corrected chi connectivity index (χ4v) is 1.57. The Morgan fingerprint density at radius 3 is 3.12 bits per heavy atom. The lowest BCUT2D eigenvalue weighted by Crippen LogP contribution is -1.98. The van der Waals surface area contributed by atoms with E-state index < -0.39 is 0 Å². The van der Waals surface area contributed by atoms with Crippen molar-refractivity contribution in [2.24, 2.45) is 0 Å². The maximum absolute atomic E-state index is 5.31. The molecule has 0 atom stereocenters. The van der Waals surface area contributed by atoms with Gasteiger partial charge in [0.25, 0.3) is 0 Å². The summed E-state index contributed by atoms with van der Waals surface area (Å²) >= 11 is 3.31. The first-order valence-corrected chi connectivity index (χ1v) is 5.40. The second-order valence-corrected chi connectivity index (χ2v) is 3.64. The SMILES string of the molecule is CC#CCOc1cnc2c(Br)nccc2n1. The summed E-state index contributed by atoms with van der Waals surface area (Å²) in [7, 11) is 0. The standard InChI is InChI=1S/C11H8BrN3O/c1-2-3-6-16-9-7-14-10-8(15-9)4-5-13-11(10)12/h4-5,7H,6H2,1H3. The molecule has 0 spiro atoms. The van der Waals surface area contributed by atoms with E-state index >= 15 is 0 Å². The Balaban J connectivity index is 2.32. The van der Waals surface area contributed by atoms with Crippen LogP contribution in [0.5, 0.6) is 5.88 Å². The van der Waals surface area contributed by atoms with Gasteiger partial charge in [0.05, 0.1) is 11.7 Å². The fraction of sp³-hybridized carbons (Fsp3) is 0.182. The Hall–Kier alpha value is -1.67. The van der Waals surface area contributed by atoms with E-state index in [1.54, 1.807) is 25.4 Å². The average molecular weight is 278 g/mol. The number of pyridine rings is 1. The van der Waals surface area contributed by atoms with E-state index in [-0.39, 0.29) is 0 Å². The monoisotopic (exact) mass is 277 g/mol. The van der Waals surface area contributed by atoms with E-state index in [0.717, 1.165) is 11.0 Å². The zero-order valence-electron chi connectivity index (χ0n) is 8.57. The highest BCUT2D eigenvalue weighted by Gasteiger charge is 2.03. The van der Waals surface area contributed by atoms with E-state index in [1.807, 2.05) is 0 Å². The molecule has 2 aromatic heterocycles. The van der Waals surface area contributed by atoms with E-state index in [9.17, 15) is 0 Å². The third-order valence-corrected chi connectivity index (χ3v) is 2.44. The van der Waals surface area contributed by atoms with Crippen LogP contribution in [-0.4, -0.2) is 21.6 Å². The molecule has 0 unspecified atom stereocenters. The topological polar surface area (TPSA) is 47.9 Å². The average Bonchev–Trinajstić information content (AvgIpc) is 2.30. The van der Waals surface area contributed by atoms with Crippen LogP contribution in [0.15, 0.2) is 23.1 Å². The lowest BCUT2D eigenvalue weighted by Gasteiger charge is -2.02. The molecule has 0 N–H and O–H groups in total. The predicted molar refractivity (Wildman–Crippen MR) is 64.0 cm³/mol. The molecule has 80 valence electrons. The van der Waals surface area contributed by atoms with Crippen molar-refractivity contribution in [2.75, 3.05) is 6.61 Å². The summed E-state index contributed by atoms with van der Waals surface area (Å²) in [5.74, 6) is 6.00. The summed E-state index contributed by atoms with van der Waals surface area (Å²) < 4.78 is 5.99. The van der Waals surface area contributed by atoms with E-state index in [2.05, 4.69) is 42.7 Å². The third-order valence-electron chi connectivity index (χ3n) is 1.86. The van der Waals surface area contributed by atoms with Crippen LogP contribution >= 0.6 is 15.9 Å². The van der Waals surface area contributed by atoms with E-state index in [4.69, 9.17) is 4.74 Å². The Bertz CT molecular complexity index is 574. The smallest absolute Gasteiger partial charge is 0.233 e. The highest BCUT2D eigenvalue weighted by molar-refractivity contribution is 9.10. The first-order valence-electron chi connectivity index (χ1n) is 4.61. The number of nitrogens with zero attached hydrogens (tertiary/aromatic N) is 3. The minimum atomic E-state index is 0.322. The van der Waals surface area contributed by atoms with Gasteiger partial charge in [-0.15, -0.1) is 5.92 Å². The number of fused-ring (bicyclic) bond motifs is 1. The zero-order valence-corrected chi connectivity index (χ0v) is 10.2. The maximum atomic E-state index is 5.31. The first-order chi connectivity index (χ1) is 7.81. The number of ether oxygens (including phenoxy) is 1. The maximum Gasteiger partial charge on any atom is 0.233 e. The van der Waals surface area contributed by atoms with Crippen molar-refractivity contribution in [1.82, 2.24) is 15.0 Å². The van der Waals surface area contributed by atoms with Crippen LogP contribution in [0.3, 0.4) is 0 Å². The molecular formula is C11H8BrN3O. The van der Waals surface area contributed by atoms with Crippen LogP contribution in [0.2, 0.25) is 0 Å². The molecule has 16 heavy (non-hydrogen) atoms. The molecule has 0 bridgehead atoms. The number of aromatic nitrogens is 3. The number of rotatable bonds is 2. The molecule has 0 amide bonds. The first kappa shape index (κ1) is 10.8. The Labute approximate surface area is 101 Å². The quantitative estimate of drug-likeness (QED) is 0.624. The van der Waals surface area contributed by atoms with Gasteiger partial charge in [0, 0.05) is 6.20 Å². The molecule has 0 aliphatic carbocycles. The molecule has 0 fully saturated rings. The summed E-state index contributed by atoms with van der Waals surface area (Å²) in [6, 6.07) is 1.78. The molecule has 2 rings (SSSR count). The van der Waals surface area contributed by atoms with E-state index in [0.29, 0.717) is 17.1 Å². The molecule has 0 aromatic carbocycles. The summed E-state index contributed by atoms with van der Waals surface area (Å²) in [4.78, 5) is 12.6. The molecule has 2 aromatic rings.